The summed E-state index contributed by atoms with van der Waals surface area (Å²) in [6, 6.07) is 25.3. The van der Waals surface area contributed by atoms with E-state index < -0.39 is 0 Å². The molecule has 0 aliphatic heterocycles. The van der Waals surface area contributed by atoms with Gasteiger partial charge in [-0.25, -0.2) is 4.98 Å². The Kier molecular flexibility index (Phi) is 5.90. The van der Waals surface area contributed by atoms with Crippen molar-refractivity contribution in [3.8, 4) is 22.4 Å². The second-order valence-electron chi connectivity index (χ2n) is 8.21. The molecule has 3 aromatic carbocycles. The van der Waals surface area contributed by atoms with Gasteiger partial charge in [-0.15, -0.1) is 0 Å². The average molecular weight is 418 g/mol. The quantitative estimate of drug-likeness (QED) is 0.376. The van der Waals surface area contributed by atoms with Crippen molar-refractivity contribution in [1.82, 2.24) is 4.98 Å². The first-order chi connectivity index (χ1) is 13.8. The number of aromatic nitrogens is 1. The zero-order valence-electron chi connectivity index (χ0n) is 17.1. The van der Waals surface area contributed by atoms with Crippen molar-refractivity contribution in [1.29, 1.82) is 0 Å². The number of fused-ring (bicyclic) bond motifs is 1. The van der Waals surface area contributed by atoms with Crippen LogP contribution in [0.2, 0.25) is 0 Å². The van der Waals surface area contributed by atoms with E-state index in [2.05, 4.69) is 45.0 Å². The lowest BCUT2D eigenvalue weighted by Gasteiger charge is -2.19. The van der Waals surface area contributed by atoms with Crippen LogP contribution in [-0.2, 0) is 5.41 Å². The van der Waals surface area contributed by atoms with Crippen molar-refractivity contribution < 1.29 is 17.3 Å². The van der Waals surface area contributed by atoms with Crippen LogP contribution < -0.4 is 12.4 Å². The van der Waals surface area contributed by atoms with Crippen LogP contribution in [0.4, 0.5) is 5.69 Å². The maximum atomic E-state index is 11.3. The molecule has 1 aromatic heterocycles. The molecule has 5 heteroatoms. The number of rotatable bonds is 3. The molecular weight excluding hydrogens is 396 g/mol. The van der Waals surface area contributed by atoms with E-state index in [0.717, 1.165) is 33.3 Å². The summed E-state index contributed by atoms with van der Waals surface area (Å²) in [7, 11) is 0. The molecule has 0 radical (unpaired) electrons. The van der Waals surface area contributed by atoms with Gasteiger partial charge in [-0.3, -0.25) is 10.1 Å². The third kappa shape index (κ3) is 4.19. The van der Waals surface area contributed by atoms with Crippen molar-refractivity contribution in [2.75, 3.05) is 0 Å². The third-order valence-electron chi connectivity index (χ3n) is 5.13. The lowest BCUT2D eigenvalue weighted by Crippen LogP contribution is -3.00. The summed E-state index contributed by atoms with van der Waals surface area (Å²) in [5.41, 5.74) is 5.98. The number of benzene rings is 3. The summed E-state index contributed by atoms with van der Waals surface area (Å²) in [6.45, 7) is 6.57. The zero-order chi connectivity index (χ0) is 20.6. The SMILES string of the molecule is CC(C)(C)c1ccc(-c2cc(-c3ccccc3)c3cc([N+](=O)[O-])ccc3n2)cc1.[Cl-]. The van der Waals surface area contributed by atoms with Crippen LogP contribution in [0.25, 0.3) is 33.3 Å². The minimum Gasteiger partial charge on any atom is -1.00 e. The van der Waals surface area contributed by atoms with Gasteiger partial charge >= 0.3 is 0 Å². The Morgan fingerprint density at radius 2 is 1.50 bits per heavy atom. The molecule has 0 aliphatic carbocycles. The number of nitrogens with zero attached hydrogens (tertiary/aromatic N) is 2. The Hall–Kier alpha value is -3.24. The molecule has 30 heavy (non-hydrogen) atoms. The van der Waals surface area contributed by atoms with Crippen molar-refractivity contribution in [2.45, 2.75) is 26.2 Å². The molecule has 4 nitrogen and oxygen atoms in total. The number of non-ortho nitro benzene ring substituents is 1. The lowest BCUT2D eigenvalue weighted by molar-refractivity contribution is -0.384. The van der Waals surface area contributed by atoms with E-state index in [-0.39, 0.29) is 28.4 Å². The Labute approximate surface area is 182 Å². The van der Waals surface area contributed by atoms with E-state index in [1.807, 2.05) is 36.4 Å². The summed E-state index contributed by atoms with van der Waals surface area (Å²) < 4.78 is 0. The number of halogens is 1. The molecule has 4 aromatic rings. The molecule has 4 rings (SSSR count). The fourth-order valence-corrected chi connectivity index (χ4v) is 3.47. The number of hydrogen-bond acceptors (Lipinski definition) is 3. The molecule has 0 atom stereocenters. The smallest absolute Gasteiger partial charge is 0.270 e. The minimum absolute atomic E-state index is 0. The molecule has 1 heterocycles. The molecule has 0 saturated heterocycles. The highest BCUT2D eigenvalue weighted by Crippen LogP contribution is 2.34. The van der Waals surface area contributed by atoms with Gasteiger partial charge in [-0.2, -0.15) is 0 Å². The van der Waals surface area contributed by atoms with Crippen molar-refractivity contribution in [3.63, 3.8) is 0 Å². The predicted molar refractivity (Wildman–Crippen MR) is 118 cm³/mol. The molecule has 0 aliphatic rings. The van der Waals surface area contributed by atoms with Gasteiger partial charge in [0, 0.05) is 23.1 Å². The Bertz CT molecular complexity index is 1200. The van der Waals surface area contributed by atoms with Crippen LogP contribution >= 0.6 is 0 Å². The first-order valence-electron chi connectivity index (χ1n) is 9.58. The molecule has 0 spiro atoms. The first kappa shape index (κ1) is 21.5. The fourth-order valence-electron chi connectivity index (χ4n) is 3.47. The number of nitro groups is 1. The Morgan fingerprint density at radius 1 is 0.833 bits per heavy atom. The van der Waals surface area contributed by atoms with Crippen LogP contribution in [0, 0.1) is 10.1 Å². The van der Waals surface area contributed by atoms with Gasteiger partial charge in [0.1, 0.15) is 0 Å². The van der Waals surface area contributed by atoms with Gasteiger partial charge in [0.05, 0.1) is 16.1 Å². The maximum Gasteiger partial charge on any atom is 0.270 e. The minimum atomic E-state index is -0.368. The highest BCUT2D eigenvalue weighted by Gasteiger charge is 2.16. The van der Waals surface area contributed by atoms with Crippen LogP contribution in [0.15, 0.2) is 78.9 Å². The molecule has 0 amide bonds. The predicted octanol–water partition coefficient (Wildman–Crippen LogP) is 3.78. The van der Waals surface area contributed by atoms with Gasteiger partial charge in [0.2, 0.25) is 0 Å². The second-order valence-corrected chi connectivity index (χ2v) is 8.21. The topological polar surface area (TPSA) is 56.0 Å². The zero-order valence-corrected chi connectivity index (χ0v) is 17.9. The van der Waals surface area contributed by atoms with Crippen LogP contribution in [0.5, 0.6) is 0 Å². The van der Waals surface area contributed by atoms with Crippen LogP contribution in [0.3, 0.4) is 0 Å². The molecule has 0 unspecified atom stereocenters. The molecule has 0 fully saturated rings. The third-order valence-corrected chi connectivity index (χ3v) is 5.13. The van der Waals surface area contributed by atoms with E-state index in [0.29, 0.717) is 0 Å². The summed E-state index contributed by atoms with van der Waals surface area (Å²) in [5, 5.41) is 12.1. The molecule has 152 valence electrons. The van der Waals surface area contributed by atoms with Crippen molar-refractivity contribution in [3.05, 3.63) is 94.5 Å². The van der Waals surface area contributed by atoms with Gasteiger partial charge < -0.3 is 12.4 Å². The molecule has 0 bridgehead atoms. The summed E-state index contributed by atoms with van der Waals surface area (Å²) in [4.78, 5) is 15.7. The highest BCUT2D eigenvalue weighted by molar-refractivity contribution is 5.97. The average Bonchev–Trinajstić information content (AvgIpc) is 2.72. The Morgan fingerprint density at radius 3 is 2.10 bits per heavy atom. The first-order valence-corrected chi connectivity index (χ1v) is 9.58. The number of hydrogen-bond donors (Lipinski definition) is 0. The maximum absolute atomic E-state index is 11.3. The van der Waals surface area contributed by atoms with E-state index in [9.17, 15) is 10.1 Å². The lowest BCUT2D eigenvalue weighted by atomic mass is 9.86. The van der Waals surface area contributed by atoms with E-state index >= 15 is 0 Å². The molecule has 0 saturated carbocycles. The van der Waals surface area contributed by atoms with Gasteiger partial charge in [-0.05, 0) is 34.2 Å². The van der Waals surface area contributed by atoms with E-state index in [1.165, 1.54) is 11.6 Å². The summed E-state index contributed by atoms with van der Waals surface area (Å²) in [6.07, 6.45) is 0. The number of nitro benzene ring substituents is 1. The van der Waals surface area contributed by atoms with Crippen LogP contribution in [0.1, 0.15) is 26.3 Å². The van der Waals surface area contributed by atoms with Gasteiger partial charge in [-0.1, -0.05) is 75.4 Å². The highest BCUT2D eigenvalue weighted by atomic mass is 35.5. The molecular formula is C25H22ClN2O2-. The molecule has 0 N–H and O–H groups in total. The summed E-state index contributed by atoms with van der Waals surface area (Å²) in [5.74, 6) is 0. The van der Waals surface area contributed by atoms with E-state index in [4.69, 9.17) is 4.98 Å². The monoisotopic (exact) mass is 417 g/mol. The second kappa shape index (κ2) is 8.25. The number of pyridine rings is 1. The van der Waals surface area contributed by atoms with Gasteiger partial charge in [0.25, 0.3) is 5.69 Å². The van der Waals surface area contributed by atoms with Gasteiger partial charge in [0.15, 0.2) is 0 Å². The van der Waals surface area contributed by atoms with Crippen molar-refractivity contribution in [2.24, 2.45) is 0 Å². The summed E-state index contributed by atoms with van der Waals surface area (Å²) >= 11 is 0. The normalized spacial score (nSPS) is 11.2. The van der Waals surface area contributed by atoms with Crippen LogP contribution in [-0.4, -0.2) is 9.91 Å². The standard InChI is InChI=1S/C25H22N2O2.ClH/c1-25(2,3)19-11-9-18(10-12-19)24-16-21(17-7-5-4-6-8-17)22-15-20(27(28)29)13-14-23(22)26-24;/h4-16H,1-3H3;1H/p-1. The largest absolute Gasteiger partial charge is 1.00 e. The Balaban J connectivity index is 0.00000256. The fraction of sp³-hybridized carbons (Fsp3) is 0.160. The van der Waals surface area contributed by atoms with E-state index in [1.54, 1.807) is 12.1 Å². The van der Waals surface area contributed by atoms with Crippen molar-refractivity contribution >= 4 is 16.6 Å².